The van der Waals surface area contributed by atoms with Crippen LogP contribution >= 0.6 is 0 Å². The van der Waals surface area contributed by atoms with E-state index in [4.69, 9.17) is 5.73 Å². The zero-order valence-electron chi connectivity index (χ0n) is 25.7. The number of rotatable bonds is 6. The molecule has 3 aliphatic carbocycles. The van der Waals surface area contributed by atoms with Crippen molar-refractivity contribution in [3.8, 4) is 16.9 Å². The van der Waals surface area contributed by atoms with E-state index in [9.17, 15) is 39.6 Å². The molecule has 0 spiro atoms. The number of phenols is 1. The lowest BCUT2D eigenvalue weighted by Crippen LogP contribution is -2.63. The van der Waals surface area contributed by atoms with Gasteiger partial charge in [0.25, 0.3) is 5.91 Å². The predicted octanol–water partition coefficient (Wildman–Crippen LogP) is 2.21. The molecule has 12 heteroatoms. The molecule has 242 valence electrons. The van der Waals surface area contributed by atoms with Crippen LogP contribution in [0.4, 0.5) is 5.69 Å². The molecule has 1 fully saturated rings. The van der Waals surface area contributed by atoms with Gasteiger partial charge in [-0.2, -0.15) is 0 Å². The lowest BCUT2D eigenvalue weighted by atomic mass is 9.58. The second-order valence-corrected chi connectivity index (χ2v) is 12.9. The van der Waals surface area contributed by atoms with Crippen LogP contribution in [0, 0.1) is 11.8 Å². The van der Waals surface area contributed by atoms with Gasteiger partial charge in [-0.05, 0) is 93.7 Å². The molecule has 4 atom stereocenters. The van der Waals surface area contributed by atoms with E-state index in [0.717, 1.165) is 31.5 Å². The average Bonchev–Trinajstić information content (AvgIpc) is 3.00. The van der Waals surface area contributed by atoms with Crippen molar-refractivity contribution in [1.82, 2.24) is 9.80 Å². The molecule has 12 nitrogen and oxygen atoms in total. The van der Waals surface area contributed by atoms with E-state index in [1.54, 1.807) is 32.3 Å². The van der Waals surface area contributed by atoms with Crippen molar-refractivity contribution in [2.45, 2.75) is 43.7 Å². The van der Waals surface area contributed by atoms with Crippen LogP contribution in [0.5, 0.6) is 5.75 Å². The minimum Gasteiger partial charge on any atom is -0.510 e. The van der Waals surface area contributed by atoms with Gasteiger partial charge in [0, 0.05) is 17.2 Å². The van der Waals surface area contributed by atoms with E-state index in [0.29, 0.717) is 23.4 Å². The van der Waals surface area contributed by atoms with Crippen LogP contribution < -0.4 is 11.1 Å². The Kier molecular flexibility index (Phi) is 7.99. The second kappa shape index (κ2) is 11.7. The minimum absolute atomic E-state index is 0.00282. The number of fused-ring (bicyclic) bond motifs is 3. The summed E-state index contributed by atoms with van der Waals surface area (Å²) in [7, 11) is 3.17. The number of hydrogen-bond donors (Lipinski definition) is 6. The molecule has 7 N–H and O–H groups in total. The standard InChI is InChI=1S/C34H38N4O8/c1-37(2)28-22-15-18-14-21-20(17-6-8-19(9-7-17)36-24(40)16-38-12-4-3-5-13-38)10-11-23(39)26(21)29(41)25(18)31(43)34(22,46)32(44)27(30(28)42)33(35)45/h6-11,18,22,28,39,42-43,46H,3-5,12-16H2,1-2H3,(H2,35,45)(H,36,40)/t18-,22+,28?,34+/m0/s1. The number of amides is 2. The highest BCUT2D eigenvalue weighted by Crippen LogP contribution is 2.53. The Bertz CT molecular complexity index is 1710. The van der Waals surface area contributed by atoms with Gasteiger partial charge >= 0.3 is 0 Å². The Morgan fingerprint density at radius 1 is 1.02 bits per heavy atom. The van der Waals surface area contributed by atoms with Gasteiger partial charge in [0.1, 0.15) is 22.8 Å². The summed E-state index contributed by atoms with van der Waals surface area (Å²) in [4.78, 5) is 55.9. The molecule has 2 amide bonds. The number of hydrogen-bond acceptors (Lipinski definition) is 10. The molecule has 6 rings (SSSR count). The zero-order valence-corrected chi connectivity index (χ0v) is 25.7. The van der Waals surface area contributed by atoms with Crippen LogP contribution in [0.25, 0.3) is 11.1 Å². The van der Waals surface area contributed by atoms with E-state index >= 15 is 0 Å². The summed E-state index contributed by atoms with van der Waals surface area (Å²) in [5, 5.41) is 48.0. The molecule has 1 heterocycles. The Morgan fingerprint density at radius 2 is 1.70 bits per heavy atom. The number of ketones is 2. The number of carbonyl (C=O) groups is 4. The Hall–Kier alpha value is -4.52. The number of likely N-dealkylation sites (tertiary alicyclic amines) is 1. The molecule has 0 aromatic heterocycles. The summed E-state index contributed by atoms with van der Waals surface area (Å²) in [6, 6.07) is 9.17. The molecule has 1 unspecified atom stereocenters. The van der Waals surface area contributed by atoms with Gasteiger partial charge in [0.15, 0.2) is 11.4 Å². The number of allylic oxidation sites excluding steroid dienone is 1. The van der Waals surface area contributed by atoms with Crippen LogP contribution in [0.15, 0.2) is 59.1 Å². The fraction of sp³-hybridized carbons (Fsp3) is 0.412. The molecular weight excluding hydrogens is 592 g/mol. The highest BCUT2D eigenvalue weighted by molar-refractivity contribution is 6.25. The molecule has 0 bridgehead atoms. The van der Waals surface area contributed by atoms with Gasteiger partial charge in [-0.1, -0.05) is 24.6 Å². The lowest BCUT2D eigenvalue weighted by Gasteiger charge is -2.50. The molecule has 1 aliphatic heterocycles. The topological polar surface area (TPSA) is 194 Å². The van der Waals surface area contributed by atoms with Gasteiger partial charge < -0.3 is 31.5 Å². The van der Waals surface area contributed by atoms with E-state index in [1.807, 2.05) is 12.1 Å². The van der Waals surface area contributed by atoms with Crippen molar-refractivity contribution in [2.24, 2.45) is 17.6 Å². The lowest BCUT2D eigenvalue weighted by molar-refractivity contribution is -0.148. The average molecular weight is 631 g/mol. The van der Waals surface area contributed by atoms with Crippen LogP contribution in [-0.2, 0) is 20.8 Å². The fourth-order valence-electron chi connectivity index (χ4n) is 7.78. The number of nitrogens with one attached hydrogen (secondary N) is 1. The van der Waals surface area contributed by atoms with Gasteiger partial charge in [0.2, 0.25) is 11.7 Å². The molecule has 1 saturated heterocycles. The first-order chi connectivity index (χ1) is 21.8. The van der Waals surface area contributed by atoms with Gasteiger partial charge in [0.05, 0.1) is 18.2 Å². The van der Waals surface area contributed by atoms with Crippen molar-refractivity contribution in [2.75, 3.05) is 39.0 Å². The second-order valence-electron chi connectivity index (χ2n) is 12.9. The quantitative estimate of drug-likeness (QED) is 0.258. The summed E-state index contributed by atoms with van der Waals surface area (Å²) < 4.78 is 0. The van der Waals surface area contributed by atoms with Crippen molar-refractivity contribution >= 4 is 29.1 Å². The number of Topliss-reactive ketones (excluding diaryl/α,β-unsaturated/α-hetero) is 2. The number of benzene rings is 2. The zero-order chi connectivity index (χ0) is 33.1. The Labute approximate surface area is 265 Å². The maximum absolute atomic E-state index is 14.0. The third-order valence-electron chi connectivity index (χ3n) is 9.90. The van der Waals surface area contributed by atoms with Gasteiger partial charge in [-0.25, -0.2) is 0 Å². The van der Waals surface area contributed by atoms with Crippen molar-refractivity contribution < 1.29 is 39.6 Å². The molecule has 46 heavy (non-hydrogen) atoms. The number of phenolic OH excluding ortho intramolecular Hbond substituents is 1. The molecule has 4 aliphatic rings. The third kappa shape index (κ3) is 4.97. The summed E-state index contributed by atoms with van der Waals surface area (Å²) in [5.74, 6) is -7.01. The van der Waals surface area contributed by atoms with E-state index in [1.165, 1.54) is 17.4 Å². The number of aliphatic hydroxyl groups is 3. The maximum Gasteiger partial charge on any atom is 0.255 e. The maximum atomic E-state index is 14.0. The highest BCUT2D eigenvalue weighted by atomic mass is 16.3. The SMILES string of the molecule is CN(C)C1C(O)=C(C(N)=O)C(=O)[C@]2(O)C(O)=C3C(=O)c4c(O)ccc(-c5ccc(NC(=O)CN6CCCCC6)cc5)c4C[C@H]3C[C@H]12. The van der Waals surface area contributed by atoms with Crippen LogP contribution in [0.1, 0.15) is 41.6 Å². The van der Waals surface area contributed by atoms with Gasteiger partial charge in [-0.3, -0.25) is 29.0 Å². The number of piperidine rings is 1. The molecule has 0 radical (unpaired) electrons. The Balaban J connectivity index is 1.34. The number of anilines is 1. The fourth-order valence-corrected chi connectivity index (χ4v) is 7.78. The number of likely N-dealkylation sites (N-methyl/N-ethyl adjacent to an activating group) is 1. The number of nitrogens with two attached hydrogens (primary N) is 1. The van der Waals surface area contributed by atoms with Crippen molar-refractivity contribution in [1.29, 1.82) is 0 Å². The van der Waals surface area contributed by atoms with Gasteiger partial charge in [-0.15, -0.1) is 0 Å². The molecule has 2 aromatic carbocycles. The number of aliphatic hydroxyl groups excluding tert-OH is 2. The Morgan fingerprint density at radius 3 is 2.33 bits per heavy atom. The monoisotopic (exact) mass is 630 g/mol. The summed E-state index contributed by atoms with van der Waals surface area (Å²) in [6.45, 7) is 2.14. The number of primary amides is 1. The minimum atomic E-state index is -2.69. The van der Waals surface area contributed by atoms with E-state index in [2.05, 4.69) is 10.2 Å². The normalized spacial score (nSPS) is 26.5. The number of carbonyl (C=O) groups excluding carboxylic acids is 4. The van der Waals surface area contributed by atoms with Crippen molar-refractivity contribution in [3.05, 3.63) is 70.2 Å². The summed E-state index contributed by atoms with van der Waals surface area (Å²) >= 11 is 0. The van der Waals surface area contributed by atoms with Crippen LogP contribution in [0.2, 0.25) is 0 Å². The largest absolute Gasteiger partial charge is 0.510 e. The number of aromatic hydroxyl groups is 1. The summed E-state index contributed by atoms with van der Waals surface area (Å²) in [6.07, 6.45) is 3.54. The van der Waals surface area contributed by atoms with E-state index < -0.39 is 58.0 Å². The number of nitrogens with zero attached hydrogens (tertiary/aromatic N) is 2. The molecule has 2 aromatic rings. The molecule has 0 saturated carbocycles. The van der Waals surface area contributed by atoms with E-state index in [-0.39, 0.29) is 35.6 Å². The molecular formula is C34H38N4O8. The first-order valence-electron chi connectivity index (χ1n) is 15.5. The summed E-state index contributed by atoms with van der Waals surface area (Å²) in [5.41, 5.74) is 4.14. The van der Waals surface area contributed by atoms with Crippen LogP contribution in [0.3, 0.4) is 0 Å². The predicted molar refractivity (Wildman–Crippen MR) is 168 cm³/mol. The first kappa shape index (κ1) is 31.5. The smallest absolute Gasteiger partial charge is 0.255 e. The third-order valence-corrected chi connectivity index (χ3v) is 9.90. The van der Waals surface area contributed by atoms with Crippen molar-refractivity contribution in [3.63, 3.8) is 0 Å². The van der Waals surface area contributed by atoms with Crippen LogP contribution in [-0.4, -0.2) is 99.0 Å². The highest BCUT2D eigenvalue weighted by Gasteiger charge is 2.63. The first-order valence-corrected chi connectivity index (χ1v) is 15.5.